The van der Waals surface area contributed by atoms with Crippen molar-refractivity contribution in [3.63, 3.8) is 0 Å². The lowest BCUT2D eigenvalue weighted by Gasteiger charge is -2.30. The van der Waals surface area contributed by atoms with Gasteiger partial charge in [0.25, 0.3) is 11.7 Å². The molecule has 1 aromatic heterocycles. The van der Waals surface area contributed by atoms with Crippen molar-refractivity contribution in [1.29, 1.82) is 0 Å². The molecule has 0 bridgehead atoms. The van der Waals surface area contributed by atoms with Gasteiger partial charge in [-0.1, -0.05) is 0 Å². The van der Waals surface area contributed by atoms with Crippen LogP contribution < -0.4 is 4.74 Å². The summed E-state index contributed by atoms with van der Waals surface area (Å²) < 4.78 is 29.9. The van der Waals surface area contributed by atoms with Crippen LogP contribution in [-0.2, 0) is 14.3 Å². The maximum absolute atomic E-state index is 14.2. The lowest BCUT2D eigenvalue weighted by Crippen LogP contribution is -2.42. The Morgan fingerprint density at radius 1 is 1.23 bits per heavy atom. The number of aliphatic hydroxyl groups excluding tert-OH is 1. The number of hydrogen-bond acceptors (Lipinski definition) is 7. The average Bonchev–Trinajstić information content (AvgIpc) is 3.40. The fraction of sp³-hybridized carbons (Fsp3) is 0.364. The van der Waals surface area contributed by atoms with E-state index in [1.54, 1.807) is 12.1 Å². The molecule has 0 unspecified atom stereocenters. The molecule has 2 saturated heterocycles. The van der Waals surface area contributed by atoms with E-state index in [2.05, 4.69) is 4.90 Å². The number of amides is 1. The van der Waals surface area contributed by atoms with Gasteiger partial charge in [-0.05, 0) is 30.3 Å². The number of nitrogens with zero attached hydrogens (tertiary/aromatic N) is 2. The van der Waals surface area contributed by atoms with Crippen LogP contribution in [0.4, 0.5) is 4.39 Å². The molecule has 2 aliphatic rings. The molecular formula is C22H23FN2O6. The second kappa shape index (κ2) is 8.91. The largest absolute Gasteiger partial charge is 0.507 e. The van der Waals surface area contributed by atoms with Gasteiger partial charge in [0.15, 0.2) is 11.6 Å². The number of likely N-dealkylation sites (tertiary alicyclic amines) is 1. The third-order valence-corrected chi connectivity index (χ3v) is 5.54. The zero-order chi connectivity index (χ0) is 22.0. The summed E-state index contributed by atoms with van der Waals surface area (Å²) in [5.74, 6) is -2.37. The van der Waals surface area contributed by atoms with Crippen molar-refractivity contribution in [2.75, 3.05) is 46.5 Å². The smallest absolute Gasteiger partial charge is 0.295 e. The number of methoxy groups -OCH3 is 1. The zero-order valence-electron chi connectivity index (χ0n) is 17.0. The Morgan fingerprint density at radius 2 is 2.00 bits per heavy atom. The molecule has 2 fully saturated rings. The number of carbonyl (C=O) groups excluding carboxylic acids is 2. The van der Waals surface area contributed by atoms with E-state index in [0.29, 0.717) is 25.5 Å². The molecular weight excluding hydrogens is 407 g/mol. The van der Waals surface area contributed by atoms with Crippen LogP contribution >= 0.6 is 0 Å². The maximum Gasteiger partial charge on any atom is 0.295 e. The highest BCUT2D eigenvalue weighted by Gasteiger charge is 2.47. The molecule has 3 heterocycles. The van der Waals surface area contributed by atoms with Gasteiger partial charge in [0, 0.05) is 31.7 Å². The van der Waals surface area contributed by atoms with E-state index < -0.39 is 29.3 Å². The van der Waals surface area contributed by atoms with Gasteiger partial charge in [0.05, 0.1) is 32.2 Å². The molecule has 1 aromatic carbocycles. The number of benzene rings is 1. The summed E-state index contributed by atoms with van der Waals surface area (Å²) in [6.45, 7) is 3.52. The molecule has 164 valence electrons. The highest BCUT2D eigenvalue weighted by Crippen LogP contribution is 2.39. The summed E-state index contributed by atoms with van der Waals surface area (Å²) >= 11 is 0. The molecule has 1 N–H and O–H groups in total. The molecule has 0 saturated carbocycles. The van der Waals surface area contributed by atoms with Crippen LogP contribution in [0.15, 0.2) is 46.6 Å². The molecule has 9 heteroatoms. The highest BCUT2D eigenvalue weighted by molar-refractivity contribution is 6.46. The summed E-state index contributed by atoms with van der Waals surface area (Å²) in [6.07, 6.45) is 1.43. The number of carbonyl (C=O) groups is 2. The number of aliphatic hydroxyl groups is 1. The number of rotatable bonds is 6. The third kappa shape index (κ3) is 4.06. The predicted octanol–water partition coefficient (Wildman–Crippen LogP) is 2.18. The Bertz CT molecular complexity index is 997. The second-order valence-corrected chi connectivity index (χ2v) is 7.31. The summed E-state index contributed by atoms with van der Waals surface area (Å²) in [5.41, 5.74) is -0.0625. The number of morpholine rings is 1. The van der Waals surface area contributed by atoms with Crippen LogP contribution in [-0.4, -0.2) is 73.1 Å². The number of Topliss-reactive ketones (excluding diaryl/α,β-unsaturated/α-hetero) is 1. The van der Waals surface area contributed by atoms with Crippen LogP contribution in [0.2, 0.25) is 0 Å². The second-order valence-electron chi connectivity index (χ2n) is 7.31. The minimum Gasteiger partial charge on any atom is -0.507 e. The van der Waals surface area contributed by atoms with Crippen molar-refractivity contribution < 1.29 is 33.0 Å². The van der Waals surface area contributed by atoms with Gasteiger partial charge >= 0.3 is 0 Å². The SMILES string of the molecule is COc1ccc(/C(O)=C2\C(=O)C(=O)N(CCN3CCOCC3)[C@@H]2c2ccco2)cc1F. The molecule has 0 aliphatic carbocycles. The van der Waals surface area contributed by atoms with Gasteiger partial charge in [-0.2, -0.15) is 0 Å². The number of furan rings is 1. The van der Waals surface area contributed by atoms with Crippen molar-refractivity contribution >= 4 is 17.4 Å². The average molecular weight is 430 g/mol. The minimum absolute atomic E-state index is 0.00472. The monoisotopic (exact) mass is 430 g/mol. The van der Waals surface area contributed by atoms with E-state index >= 15 is 0 Å². The lowest BCUT2D eigenvalue weighted by atomic mass is 9.99. The van der Waals surface area contributed by atoms with Gasteiger partial charge in [0.2, 0.25) is 0 Å². The normalized spacial score (nSPS) is 21.6. The topological polar surface area (TPSA) is 92.5 Å². The first-order valence-corrected chi connectivity index (χ1v) is 9.97. The van der Waals surface area contributed by atoms with Crippen molar-refractivity contribution in [1.82, 2.24) is 9.80 Å². The number of ketones is 1. The van der Waals surface area contributed by atoms with Gasteiger partial charge in [-0.3, -0.25) is 14.5 Å². The molecule has 0 spiro atoms. The minimum atomic E-state index is -0.902. The summed E-state index contributed by atoms with van der Waals surface area (Å²) in [6, 6.07) is 6.22. The third-order valence-electron chi connectivity index (χ3n) is 5.54. The Labute approximate surface area is 178 Å². The molecule has 8 nitrogen and oxygen atoms in total. The number of halogens is 1. The molecule has 0 radical (unpaired) electrons. The first-order valence-electron chi connectivity index (χ1n) is 9.97. The number of ether oxygens (including phenoxy) is 2. The quantitative estimate of drug-likeness (QED) is 0.427. The van der Waals surface area contributed by atoms with E-state index in [-0.39, 0.29) is 23.4 Å². The Morgan fingerprint density at radius 3 is 2.65 bits per heavy atom. The maximum atomic E-state index is 14.2. The number of hydrogen-bond donors (Lipinski definition) is 1. The van der Waals surface area contributed by atoms with Crippen molar-refractivity contribution in [3.8, 4) is 5.75 Å². The van der Waals surface area contributed by atoms with E-state index in [1.807, 2.05) is 0 Å². The van der Waals surface area contributed by atoms with Crippen LogP contribution in [0.25, 0.3) is 5.76 Å². The van der Waals surface area contributed by atoms with Crippen molar-refractivity contribution in [2.24, 2.45) is 0 Å². The van der Waals surface area contributed by atoms with Gasteiger partial charge < -0.3 is 23.9 Å². The summed E-state index contributed by atoms with van der Waals surface area (Å²) in [5, 5.41) is 10.9. The predicted molar refractivity (Wildman–Crippen MR) is 108 cm³/mol. The lowest BCUT2D eigenvalue weighted by molar-refractivity contribution is -0.140. The van der Waals surface area contributed by atoms with Crippen LogP contribution in [0.3, 0.4) is 0 Å². The van der Waals surface area contributed by atoms with Crippen molar-refractivity contribution in [3.05, 3.63) is 59.3 Å². The fourth-order valence-corrected chi connectivity index (χ4v) is 3.90. The molecule has 4 rings (SSSR count). The van der Waals surface area contributed by atoms with Gasteiger partial charge in [-0.25, -0.2) is 4.39 Å². The highest BCUT2D eigenvalue weighted by atomic mass is 19.1. The van der Waals surface area contributed by atoms with E-state index in [9.17, 15) is 19.1 Å². The summed E-state index contributed by atoms with van der Waals surface area (Å²) in [7, 11) is 1.33. The van der Waals surface area contributed by atoms with Gasteiger partial charge in [-0.15, -0.1) is 0 Å². The van der Waals surface area contributed by atoms with Crippen molar-refractivity contribution in [2.45, 2.75) is 6.04 Å². The van der Waals surface area contributed by atoms with E-state index in [0.717, 1.165) is 19.2 Å². The first kappa shape index (κ1) is 21.1. The van der Waals surface area contributed by atoms with E-state index in [4.69, 9.17) is 13.9 Å². The van der Waals surface area contributed by atoms with Crippen LogP contribution in [0.5, 0.6) is 5.75 Å². The first-order chi connectivity index (χ1) is 15.0. The zero-order valence-corrected chi connectivity index (χ0v) is 17.0. The fourth-order valence-electron chi connectivity index (χ4n) is 3.90. The standard InChI is InChI=1S/C22H23FN2O6/c1-29-16-5-4-14(13-15(16)23)20(26)18-19(17-3-2-10-31-17)25(22(28)21(18)27)7-6-24-8-11-30-12-9-24/h2-5,10,13,19,26H,6-9,11-12H2,1H3/b20-18+/t19-/m1/s1. The Hall–Kier alpha value is -3.17. The molecule has 1 atom stereocenters. The molecule has 31 heavy (non-hydrogen) atoms. The van der Waals surface area contributed by atoms with Crippen LogP contribution in [0, 0.1) is 5.82 Å². The van der Waals surface area contributed by atoms with Crippen LogP contribution in [0.1, 0.15) is 17.4 Å². The molecule has 2 aromatic rings. The Balaban J connectivity index is 1.70. The Kier molecular flexibility index (Phi) is 6.06. The molecule has 1 amide bonds. The van der Waals surface area contributed by atoms with E-state index in [1.165, 1.54) is 30.4 Å². The summed E-state index contributed by atoms with van der Waals surface area (Å²) in [4.78, 5) is 29.3. The molecule has 2 aliphatic heterocycles. The van der Waals surface area contributed by atoms with Gasteiger partial charge in [0.1, 0.15) is 17.6 Å².